The highest BCUT2D eigenvalue weighted by Crippen LogP contribution is 2.43. The Balaban J connectivity index is 2.02. The van der Waals surface area contributed by atoms with E-state index in [0.29, 0.717) is 16.5 Å². The van der Waals surface area contributed by atoms with Crippen LogP contribution in [0, 0.1) is 11.8 Å². The molecule has 1 aliphatic carbocycles. The molecule has 1 saturated carbocycles. The number of hydrogen-bond donors (Lipinski definition) is 3. The van der Waals surface area contributed by atoms with Crippen molar-refractivity contribution in [2.45, 2.75) is 51.5 Å². The Hall–Kier alpha value is -2.89. The van der Waals surface area contributed by atoms with Crippen molar-refractivity contribution in [1.29, 1.82) is 0 Å². The van der Waals surface area contributed by atoms with Gasteiger partial charge in [0.25, 0.3) is 0 Å². The van der Waals surface area contributed by atoms with Gasteiger partial charge in [0.05, 0.1) is 23.6 Å². The average Bonchev–Trinajstić information content (AvgIpc) is 3.26. The van der Waals surface area contributed by atoms with Crippen LogP contribution >= 0.6 is 11.5 Å². The molecule has 29 heavy (non-hydrogen) atoms. The summed E-state index contributed by atoms with van der Waals surface area (Å²) in [6, 6.07) is -0.461. The fourth-order valence-corrected chi connectivity index (χ4v) is 3.88. The summed E-state index contributed by atoms with van der Waals surface area (Å²) in [4.78, 5) is 27.1. The molecule has 11 nitrogen and oxygen atoms in total. The van der Waals surface area contributed by atoms with Gasteiger partial charge in [0.1, 0.15) is 12.1 Å². The Morgan fingerprint density at radius 2 is 1.79 bits per heavy atom. The first-order valence-corrected chi connectivity index (χ1v) is 9.87. The van der Waals surface area contributed by atoms with Gasteiger partial charge in [-0.25, -0.2) is 9.67 Å². The Morgan fingerprint density at radius 3 is 2.28 bits per heavy atom. The van der Waals surface area contributed by atoms with Crippen LogP contribution in [0.2, 0.25) is 0 Å². The Morgan fingerprint density at radius 1 is 1.17 bits per heavy atom. The topological polar surface area (TPSA) is 169 Å². The number of aromatic nitrogens is 4. The van der Waals surface area contributed by atoms with E-state index in [1.54, 1.807) is 0 Å². The maximum absolute atomic E-state index is 11.6. The number of hydrogen-bond acceptors (Lipinski definition) is 9. The number of carboxylic acid groups (broad SMARTS) is 2. The number of aliphatic carboxylic acids is 2. The second kappa shape index (κ2) is 7.85. The maximum atomic E-state index is 11.6. The monoisotopic (exact) mass is 421 g/mol. The first-order chi connectivity index (χ1) is 13.6. The number of nitrogens with zero attached hydrogens (tertiary/aromatic N) is 6. The molecule has 156 valence electrons. The molecule has 0 bridgehead atoms. The molecule has 0 spiro atoms. The van der Waals surface area contributed by atoms with E-state index in [1.807, 2.05) is 20.8 Å². The smallest absolute Gasteiger partial charge is 0.306 e. The van der Waals surface area contributed by atoms with Crippen molar-refractivity contribution >= 4 is 40.1 Å². The zero-order chi connectivity index (χ0) is 21.3. The van der Waals surface area contributed by atoms with Crippen LogP contribution in [0.4, 0.5) is 16.6 Å². The molecule has 2 aromatic heterocycles. The summed E-state index contributed by atoms with van der Waals surface area (Å²) in [5.74, 6) is -3.35. The second-order valence-corrected chi connectivity index (χ2v) is 8.89. The highest BCUT2D eigenvalue weighted by atomic mass is 32.1. The number of nitrogen functional groups attached to an aromatic ring is 1. The standard InChI is InChI=1S/C17H23N7O4S/c1-17(2,3)12-11(21-22-16-19-7-20-29-16)13(18)24(23-12)10-5-8(14(25)26)4-9(6-10)15(27)28/h7-10H,4-6,18H2,1-3H3,(H,25,26)(H,27,28). The summed E-state index contributed by atoms with van der Waals surface area (Å²) in [7, 11) is 0. The summed E-state index contributed by atoms with van der Waals surface area (Å²) >= 11 is 1.08. The molecule has 1 aliphatic rings. The predicted octanol–water partition coefficient (Wildman–Crippen LogP) is 3.16. The van der Waals surface area contributed by atoms with Crippen LogP contribution in [0.25, 0.3) is 0 Å². The van der Waals surface area contributed by atoms with Gasteiger partial charge < -0.3 is 15.9 Å². The van der Waals surface area contributed by atoms with Crippen LogP contribution in [-0.4, -0.2) is 41.3 Å². The van der Waals surface area contributed by atoms with Gasteiger partial charge in [-0.2, -0.15) is 9.47 Å². The van der Waals surface area contributed by atoms with E-state index in [4.69, 9.17) is 5.73 Å². The normalized spacial score (nSPS) is 22.8. The third kappa shape index (κ3) is 4.42. The second-order valence-electron chi connectivity index (χ2n) is 8.13. The molecule has 12 heteroatoms. The van der Waals surface area contributed by atoms with E-state index in [0.717, 1.165) is 11.5 Å². The fraction of sp³-hybridized carbons (Fsp3) is 0.588. The van der Waals surface area contributed by atoms with Crippen molar-refractivity contribution in [3.63, 3.8) is 0 Å². The van der Waals surface area contributed by atoms with Gasteiger partial charge >= 0.3 is 11.9 Å². The minimum absolute atomic E-state index is 0.0953. The van der Waals surface area contributed by atoms with Crippen molar-refractivity contribution in [3.8, 4) is 0 Å². The average molecular weight is 421 g/mol. The highest BCUT2D eigenvalue weighted by molar-refractivity contribution is 7.09. The number of anilines is 1. The van der Waals surface area contributed by atoms with Crippen molar-refractivity contribution in [2.24, 2.45) is 22.1 Å². The molecule has 0 radical (unpaired) electrons. The predicted molar refractivity (Wildman–Crippen MR) is 105 cm³/mol. The quantitative estimate of drug-likeness (QED) is 0.618. The van der Waals surface area contributed by atoms with Crippen LogP contribution < -0.4 is 5.73 Å². The van der Waals surface area contributed by atoms with E-state index in [1.165, 1.54) is 11.0 Å². The number of nitrogens with two attached hydrogens (primary N) is 1. The largest absolute Gasteiger partial charge is 0.481 e. The van der Waals surface area contributed by atoms with Gasteiger partial charge in [0, 0.05) is 16.9 Å². The Labute approximate surface area is 170 Å². The Kier molecular flexibility index (Phi) is 5.64. The summed E-state index contributed by atoms with van der Waals surface area (Å²) in [5, 5.41) is 32.2. The number of carboxylic acids is 2. The van der Waals surface area contributed by atoms with Gasteiger partial charge in [-0.05, 0) is 19.3 Å². The summed E-state index contributed by atoms with van der Waals surface area (Å²) in [6.45, 7) is 5.85. The van der Waals surface area contributed by atoms with Crippen molar-refractivity contribution in [2.75, 3.05) is 5.73 Å². The van der Waals surface area contributed by atoms with E-state index < -0.39 is 35.2 Å². The number of azo groups is 1. The molecule has 0 aromatic carbocycles. The lowest BCUT2D eigenvalue weighted by Crippen LogP contribution is -2.34. The van der Waals surface area contributed by atoms with Crippen LogP contribution in [0.3, 0.4) is 0 Å². The Bertz CT molecular complexity index is 910. The van der Waals surface area contributed by atoms with Gasteiger partial charge in [0.2, 0.25) is 5.13 Å². The lowest BCUT2D eigenvalue weighted by Gasteiger charge is -2.31. The zero-order valence-electron chi connectivity index (χ0n) is 16.3. The molecule has 3 rings (SSSR count). The summed E-state index contributed by atoms with van der Waals surface area (Å²) < 4.78 is 5.38. The van der Waals surface area contributed by atoms with E-state index in [9.17, 15) is 19.8 Å². The summed E-state index contributed by atoms with van der Waals surface area (Å²) in [6.07, 6.45) is 1.97. The molecule has 2 heterocycles. The fourth-order valence-electron chi connectivity index (χ4n) is 3.52. The van der Waals surface area contributed by atoms with E-state index >= 15 is 0 Å². The molecular weight excluding hydrogens is 398 g/mol. The number of carbonyl (C=O) groups is 2. The van der Waals surface area contributed by atoms with Crippen molar-refractivity contribution < 1.29 is 19.8 Å². The molecule has 2 atom stereocenters. The van der Waals surface area contributed by atoms with Gasteiger partial charge in [-0.15, -0.1) is 10.2 Å². The van der Waals surface area contributed by atoms with Crippen LogP contribution in [0.1, 0.15) is 51.8 Å². The molecule has 2 unspecified atom stereocenters. The van der Waals surface area contributed by atoms with Gasteiger partial charge in [-0.3, -0.25) is 9.59 Å². The molecular formula is C17H23N7O4S. The maximum Gasteiger partial charge on any atom is 0.306 e. The zero-order valence-corrected chi connectivity index (χ0v) is 17.1. The SMILES string of the molecule is CC(C)(C)c1nn(C2CC(C(=O)O)CC(C(=O)O)C2)c(N)c1N=Nc1ncns1. The number of rotatable bonds is 5. The first-order valence-electron chi connectivity index (χ1n) is 9.10. The molecule has 0 aliphatic heterocycles. The van der Waals surface area contributed by atoms with Gasteiger partial charge in [-0.1, -0.05) is 20.8 Å². The third-order valence-corrected chi connectivity index (χ3v) is 5.49. The molecule has 4 N–H and O–H groups in total. The minimum Gasteiger partial charge on any atom is -0.481 e. The lowest BCUT2D eigenvalue weighted by molar-refractivity contribution is -0.149. The van der Waals surface area contributed by atoms with E-state index in [-0.39, 0.29) is 25.1 Å². The third-order valence-electron chi connectivity index (χ3n) is 4.94. The molecule has 0 saturated heterocycles. The van der Waals surface area contributed by atoms with Crippen molar-refractivity contribution in [3.05, 3.63) is 12.0 Å². The summed E-state index contributed by atoms with van der Waals surface area (Å²) in [5.41, 5.74) is 6.88. The highest BCUT2D eigenvalue weighted by Gasteiger charge is 2.39. The first kappa shape index (κ1) is 20.8. The van der Waals surface area contributed by atoms with Crippen molar-refractivity contribution in [1.82, 2.24) is 19.1 Å². The molecule has 0 amide bonds. The molecule has 2 aromatic rings. The van der Waals surface area contributed by atoms with Crippen LogP contribution in [0.5, 0.6) is 0 Å². The minimum atomic E-state index is -1.01. The molecule has 1 fully saturated rings. The lowest BCUT2D eigenvalue weighted by atomic mass is 9.78. The van der Waals surface area contributed by atoms with Gasteiger partial charge in [0.15, 0.2) is 5.69 Å². The van der Waals surface area contributed by atoms with Crippen LogP contribution in [-0.2, 0) is 15.0 Å². The van der Waals surface area contributed by atoms with E-state index in [2.05, 4.69) is 24.7 Å². The van der Waals surface area contributed by atoms with Crippen LogP contribution in [0.15, 0.2) is 16.6 Å².